The smallest absolute Gasteiger partial charge is 0.269 e. The van der Waals surface area contributed by atoms with E-state index < -0.39 is 4.92 Å². The van der Waals surface area contributed by atoms with E-state index in [-0.39, 0.29) is 11.6 Å². The molecule has 1 amide bonds. The fourth-order valence-electron chi connectivity index (χ4n) is 3.52. The number of hydrogen-bond donors (Lipinski definition) is 1. The number of nitro benzene ring substituents is 1. The molecule has 0 aliphatic carbocycles. The van der Waals surface area contributed by atoms with Crippen molar-refractivity contribution in [2.75, 3.05) is 5.32 Å². The summed E-state index contributed by atoms with van der Waals surface area (Å²) in [5.41, 5.74) is 2.74. The van der Waals surface area contributed by atoms with E-state index in [0.29, 0.717) is 33.3 Å². The number of nitrogens with zero attached hydrogens (tertiary/aromatic N) is 2. The highest BCUT2D eigenvalue weighted by Gasteiger charge is 2.14. The Labute approximate surface area is 186 Å². The Morgan fingerprint density at radius 3 is 2.50 bits per heavy atom. The summed E-state index contributed by atoms with van der Waals surface area (Å²) >= 11 is 6.31. The highest BCUT2D eigenvalue weighted by atomic mass is 35.5. The molecule has 5 rings (SSSR count). The lowest BCUT2D eigenvalue weighted by Crippen LogP contribution is -2.11. The first-order valence-corrected chi connectivity index (χ1v) is 10.0. The molecule has 0 aliphatic rings. The van der Waals surface area contributed by atoms with Gasteiger partial charge >= 0.3 is 0 Å². The molecule has 7 nitrogen and oxygen atoms in total. The van der Waals surface area contributed by atoms with Crippen molar-refractivity contribution in [3.05, 3.63) is 99.6 Å². The van der Waals surface area contributed by atoms with Crippen molar-refractivity contribution >= 4 is 50.8 Å². The zero-order valence-electron chi connectivity index (χ0n) is 16.4. The third-order valence-electron chi connectivity index (χ3n) is 5.09. The number of halogens is 1. The number of nitrogens with one attached hydrogen (secondary N) is 1. The fourth-order valence-corrected chi connectivity index (χ4v) is 3.75. The van der Waals surface area contributed by atoms with Crippen LogP contribution in [0.15, 0.2) is 83.3 Å². The van der Waals surface area contributed by atoms with Crippen molar-refractivity contribution < 1.29 is 14.1 Å². The molecule has 1 aromatic heterocycles. The van der Waals surface area contributed by atoms with Gasteiger partial charge in [-0.25, -0.2) is 4.98 Å². The number of carbonyl (C=O) groups excluding carboxylic acids is 1. The van der Waals surface area contributed by atoms with Crippen LogP contribution in [0.3, 0.4) is 0 Å². The molecule has 0 atom stereocenters. The van der Waals surface area contributed by atoms with Gasteiger partial charge in [-0.15, -0.1) is 0 Å². The fraction of sp³-hybridized carbons (Fsp3) is 0. The van der Waals surface area contributed by atoms with E-state index in [1.165, 1.54) is 24.3 Å². The highest BCUT2D eigenvalue weighted by Crippen LogP contribution is 2.34. The summed E-state index contributed by atoms with van der Waals surface area (Å²) in [6.07, 6.45) is 0. The van der Waals surface area contributed by atoms with Crippen molar-refractivity contribution in [1.29, 1.82) is 0 Å². The molecule has 0 unspecified atom stereocenters. The summed E-state index contributed by atoms with van der Waals surface area (Å²) < 4.78 is 5.95. The Kier molecular flexibility index (Phi) is 4.80. The van der Waals surface area contributed by atoms with Gasteiger partial charge in [-0.3, -0.25) is 14.9 Å². The molecule has 0 saturated carbocycles. The zero-order valence-corrected chi connectivity index (χ0v) is 17.2. The van der Waals surface area contributed by atoms with Gasteiger partial charge in [0, 0.05) is 39.4 Å². The second kappa shape index (κ2) is 7.79. The number of amides is 1. The maximum absolute atomic E-state index is 12.5. The molecule has 0 radical (unpaired) electrons. The Balaban J connectivity index is 1.45. The number of hydrogen-bond acceptors (Lipinski definition) is 5. The van der Waals surface area contributed by atoms with Gasteiger partial charge in [0.15, 0.2) is 5.58 Å². The molecule has 0 fully saturated rings. The molecule has 5 aromatic rings. The standard InChI is InChI=1S/C24H14ClN3O4/c25-20-6-2-3-17-18(20)4-1-5-19(17)24-27-21-13-15(9-12-22(21)32-24)26-23(29)14-7-10-16(11-8-14)28(30)31/h1-13H,(H,26,29). The minimum atomic E-state index is -0.512. The minimum Gasteiger partial charge on any atom is -0.436 e. The topological polar surface area (TPSA) is 98.3 Å². The first-order valence-electron chi connectivity index (χ1n) is 9.63. The molecule has 0 spiro atoms. The summed E-state index contributed by atoms with van der Waals surface area (Å²) in [6.45, 7) is 0. The number of non-ortho nitro benzene ring substituents is 1. The molecule has 1 N–H and O–H groups in total. The number of anilines is 1. The predicted molar refractivity (Wildman–Crippen MR) is 123 cm³/mol. The van der Waals surface area contributed by atoms with E-state index in [0.717, 1.165) is 16.3 Å². The second-order valence-electron chi connectivity index (χ2n) is 7.10. The van der Waals surface area contributed by atoms with E-state index in [9.17, 15) is 14.9 Å². The monoisotopic (exact) mass is 443 g/mol. The maximum Gasteiger partial charge on any atom is 0.269 e. The van der Waals surface area contributed by atoms with Crippen molar-refractivity contribution in [3.63, 3.8) is 0 Å². The van der Waals surface area contributed by atoms with Crippen molar-refractivity contribution in [3.8, 4) is 11.5 Å². The molecule has 8 heteroatoms. The predicted octanol–water partition coefficient (Wildman–Crippen LogP) is 6.46. The lowest BCUT2D eigenvalue weighted by Gasteiger charge is -2.04. The Morgan fingerprint density at radius 2 is 1.72 bits per heavy atom. The molecule has 0 bridgehead atoms. The number of oxazole rings is 1. The summed E-state index contributed by atoms with van der Waals surface area (Å²) in [7, 11) is 0. The van der Waals surface area contributed by atoms with Gasteiger partial charge in [-0.2, -0.15) is 0 Å². The molecule has 0 saturated heterocycles. The quantitative estimate of drug-likeness (QED) is 0.254. The van der Waals surface area contributed by atoms with Crippen molar-refractivity contribution in [2.45, 2.75) is 0 Å². The maximum atomic E-state index is 12.5. The zero-order chi connectivity index (χ0) is 22.2. The normalized spacial score (nSPS) is 11.0. The minimum absolute atomic E-state index is 0.0761. The van der Waals surface area contributed by atoms with Crippen LogP contribution in [-0.2, 0) is 0 Å². The molecule has 32 heavy (non-hydrogen) atoms. The van der Waals surface area contributed by atoms with Crippen LogP contribution in [0.25, 0.3) is 33.3 Å². The average molecular weight is 444 g/mol. The SMILES string of the molecule is O=C(Nc1ccc2oc(-c3cccc4c(Cl)cccc34)nc2c1)c1ccc([N+](=O)[O-])cc1. The summed E-state index contributed by atoms with van der Waals surface area (Å²) in [5.74, 6) is 0.0679. The largest absolute Gasteiger partial charge is 0.436 e. The van der Waals surface area contributed by atoms with Gasteiger partial charge < -0.3 is 9.73 Å². The van der Waals surface area contributed by atoms with Crippen LogP contribution in [0.4, 0.5) is 11.4 Å². The van der Waals surface area contributed by atoms with Gasteiger partial charge in [0.1, 0.15) is 5.52 Å². The van der Waals surface area contributed by atoms with Crippen LogP contribution in [0.5, 0.6) is 0 Å². The molecular weight excluding hydrogens is 430 g/mol. The van der Waals surface area contributed by atoms with Crippen LogP contribution >= 0.6 is 11.6 Å². The van der Waals surface area contributed by atoms with Gasteiger partial charge in [0.2, 0.25) is 5.89 Å². The molecule has 1 heterocycles. The number of fused-ring (bicyclic) bond motifs is 2. The van der Waals surface area contributed by atoms with Gasteiger partial charge in [0.05, 0.1) is 4.92 Å². The number of aromatic nitrogens is 1. The van der Waals surface area contributed by atoms with Crippen LogP contribution in [0, 0.1) is 10.1 Å². The van der Waals surface area contributed by atoms with Gasteiger partial charge in [-0.1, -0.05) is 35.9 Å². The van der Waals surface area contributed by atoms with E-state index in [1.807, 2.05) is 36.4 Å². The Bertz CT molecular complexity index is 1510. The first-order chi connectivity index (χ1) is 15.5. The third kappa shape index (κ3) is 3.55. The average Bonchev–Trinajstić information content (AvgIpc) is 3.22. The van der Waals surface area contributed by atoms with E-state index >= 15 is 0 Å². The molecular formula is C24H14ClN3O4. The highest BCUT2D eigenvalue weighted by molar-refractivity contribution is 6.35. The number of benzene rings is 4. The summed E-state index contributed by atoms with van der Waals surface area (Å²) in [6, 6.07) is 22.0. The first kappa shape index (κ1) is 19.7. The van der Waals surface area contributed by atoms with Crippen LogP contribution < -0.4 is 5.32 Å². The summed E-state index contributed by atoms with van der Waals surface area (Å²) in [4.78, 5) is 27.4. The summed E-state index contributed by atoms with van der Waals surface area (Å²) in [5, 5.41) is 16.0. The van der Waals surface area contributed by atoms with E-state index in [2.05, 4.69) is 10.3 Å². The number of nitro groups is 1. The van der Waals surface area contributed by atoms with E-state index in [1.54, 1.807) is 18.2 Å². The lowest BCUT2D eigenvalue weighted by atomic mass is 10.0. The molecule has 0 aliphatic heterocycles. The molecule has 4 aromatic carbocycles. The Hall–Kier alpha value is -4.23. The van der Waals surface area contributed by atoms with E-state index in [4.69, 9.17) is 16.0 Å². The lowest BCUT2D eigenvalue weighted by molar-refractivity contribution is -0.384. The van der Waals surface area contributed by atoms with Gasteiger partial charge in [0.25, 0.3) is 11.6 Å². The number of carbonyl (C=O) groups is 1. The second-order valence-corrected chi connectivity index (χ2v) is 7.51. The van der Waals surface area contributed by atoms with Gasteiger partial charge in [-0.05, 0) is 47.9 Å². The third-order valence-corrected chi connectivity index (χ3v) is 5.41. The molecule has 156 valence electrons. The number of rotatable bonds is 4. The Morgan fingerprint density at radius 1 is 0.969 bits per heavy atom. The van der Waals surface area contributed by atoms with Crippen molar-refractivity contribution in [2.24, 2.45) is 0 Å². The van der Waals surface area contributed by atoms with Crippen LogP contribution in [-0.4, -0.2) is 15.8 Å². The van der Waals surface area contributed by atoms with Crippen molar-refractivity contribution in [1.82, 2.24) is 4.98 Å². The van der Waals surface area contributed by atoms with Crippen LogP contribution in [0.2, 0.25) is 5.02 Å². The van der Waals surface area contributed by atoms with Crippen LogP contribution in [0.1, 0.15) is 10.4 Å².